The molecule has 0 saturated carbocycles. The maximum Gasteiger partial charge on any atom is 0.316 e. The second-order valence-electron chi connectivity index (χ2n) is 11.7. The fourth-order valence-electron chi connectivity index (χ4n) is 5.36. The molecule has 11 heteroatoms. The van der Waals surface area contributed by atoms with Gasteiger partial charge in [0.25, 0.3) is 5.91 Å². The smallest absolute Gasteiger partial charge is 0.316 e. The molecule has 3 aromatic carbocycles. The monoisotopic (exact) mass is 642 g/mol. The van der Waals surface area contributed by atoms with Gasteiger partial charge in [-0.3, -0.25) is 14.6 Å². The quantitative estimate of drug-likeness (QED) is 0.0994. The zero-order valence-corrected chi connectivity index (χ0v) is 27.9. The summed E-state index contributed by atoms with van der Waals surface area (Å²) in [6.45, 7) is 10.7. The number of nitrogens with one attached hydrogen (secondary N) is 3. The summed E-state index contributed by atoms with van der Waals surface area (Å²) in [6.07, 6.45) is 7.04. The standard InChI is InChI=1S/C35H42N6O4S/c1-6-7-8-9-10-11-17-44-30-16-15-23(2)20-31(30)45-46(43)40-28-14-12-13-27(21-28)34-36-32-22-29(38-41(32)39-34)35(42)37-33-25(4)18-24(3)19-26(33)5/h12-16,18-22,38,40H,6-11,17H2,1-5H3,(H,37,42). The molecule has 1 atom stereocenters. The number of unbranched alkanes of at least 4 members (excludes halogenated alkanes) is 5. The molecule has 0 aliphatic rings. The van der Waals surface area contributed by atoms with Gasteiger partial charge in [-0.2, -0.15) is 8.84 Å². The molecule has 1 amide bonds. The van der Waals surface area contributed by atoms with Crippen LogP contribution in [-0.4, -0.2) is 36.5 Å². The van der Waals surface area contributed by atoms with Crippen molar-refractivity contribution in [1.29, 1.82) is 0 Å². The molecule has 0 spiro atoms. The zero-order chi connectivity index (χ0) is 32.6. The van der Waals surface area contributed by atoms with Crippen LogP contribution in [0.2, 0.25) is 0 Å². The summed E-state index contributed by atoms with van der Waals surface area (Å²) in [4.78, 5) is 17.6. The SMILES string of the molecule is CCCCCCCCOc1ccc(C)cc1OS(=O)Nc1cccc(-c2nc3cc(C(=O)Nc4c(C)cc(C)cc4C)[nH]n3n2)c1. The van der Waals surface area contributed by atoms with E-state index >= 15 is 0 Å². The van der Waals surface area contributed by atoms with Crippen LogP contribution in [0.15, 0.2) is 60.7 Å². The Bertz CT molecular complexity index is 1790. The van der Waals surface area contributed by atoms with E-state index in [0.29, 0.717) is 46.5 Å². The molecule has 2 aromatic heterocycles. The summed E-state index contributed by atoms with van der Waals surface area (Å²) in [6, 6.07) is 18.6. The van der Waals surface area contributed by atoms with Crippen molar-refractivity contribution in [3.05, 3.63) is 88.6 Å². The van der Waals surface area contributed by atoms with Gasteiger partial charge in [0, 0.05) is 17.3 Å². The Morgan fingerprint density at radius 2 is 1.65 bits per heavy atom. The predicted octanol–water partition coefficient (Wildman–Crippen LogP) is 8.02. The maximum atomic E-state index is 13.0. The molecule has 0 saturated heterocycles. The lowest BCUT2D eigenvalue weighted by Gasteiger charge is -2.13. The average Bonchev–Trinajstić information content (AvgIpc) is 3.60. The summed E-state index contributed by atoms with van der Waals surface area (Å²) in [5.74, 6) is 1.16. The summed E-state index contributed by atoms with van der Waals surface area (Å²) >= 11 is -1.88. The Hall–Kier alpha value is -4.64. The molecule has 5 rings (SSSR count). The van der Waals surface area contributed by atoms with Crippen LogP contribution < -0.4 is 19.0 Å². The summed E-state index contributed by atoms with van der Waals surface area (Å²) in [5.41, 5.74) is 7.02. The van der Waals surface area contributed by atoms with Gasteiger partial charge in [0.1, 0.15) is 5.69 Å². The van der Waals surface area contributed by atoms with Crippen molar-refractivity contribution >= 4 is 34.2 Å². The van der Waals surface area contributed by atoms with Crippen molar-refractivity contribution in [2.45, 2.75) is 73.1 Å². The Morgan fingerprint density at radius 1 is 0.891 bits per heavy atom. The molecule has 5 aromatic rings. The lowest BCUT2D eigenvalue weighted by Crippen LogP contribution is -2.15. The minimum absolute atomic E-state index is 0.276. The first kappa shape index (κ1) is 32.7. The van der Waals surface area contributed by atoms with Gasteiger partial charge < -0.3 is 14.2 Å². The number of aryl methyl sites for hydroxylation is 4. The molecular formula is C35H42N6O4S. The first-order valence-corrected chi connectivity index (χ1v) is 16.8. The molecular weight excluding hydrogens is 600 g/mol. The third-order valence-electron chi connectivity index (χ3n) is 7.63. The molecule has 0 fully saturated rings. The zero-order valence-electron chi connectivity index (χ0n) is 27.1. The van der Waals surface area contributed by atoms with Gasteiger partial charge >= 0.3 is 11.3 Å². The van der Waals surface area contributed by atoms with Gasteiger partial charge in [0.2, 0.25) is 0 Å². The van der Waals surface area contributed by atoms with Crippen molar-refractivity contribution < 1.29 is 17.9 Å². The van der Waals surface area contributed by atoms with Crippen molar-refractivity contribution in [1.82, 2.24) is 19.8 Å². The number of H-pyrrole nitrogens is 1. The minimum atomic E-state index is -1.88. The highest BCUT2D eigenvalue weighted by molar-refractivity contribution is 7.82. The molecule has 3 N–H and O–H groups in total. The number of aromatic nitrogens is 4. The molecule has 0 radical (unpaired) electrons. The van der Waals surface area contributed by atoms with E-state index in [1.807, 2.05) is 70.2 Å². The number of hydrogen-bond donors (Lipinski definition) is 3. The molecule has 242 valence electrons. The third kappa shape index (κ3) is 8.33. The van der Waals surface area contributed by atoms with E-state index in [1.165, 1.54) is 30.3 Å². The average molecular weight is 643 g/mol. The molecule has 0 aliphatic carbocycles. The van der Waals surface area contributed by atoms with Crippen molar-refractivity contribution in [3.63, 3.8) is 0 Å². The number of rotatable bonds is 15. The second kappa shape index (κ2) is 15.1. The van der Waals surface area contributed by atoms with E-state index in [0.717, 1.165) is 40.8 Å². The van der Waals surface area contributed by atoms with E-state index in [1.54, 1.807) is 18.2 Å². The number of carbonyl (C=O) groups is 1. The molecule has 0 aliphatic heterocycles. The van der Waals surface area contributed by atoms with E-state index < -0.39 is 11.3 Å². The molecule has 2 heterocycles. The van der Waals surface area contributed by atoms with E-state index in [4.69, 9.17) is 8.92 Å². The number of benzene rings is 3. The number of ether oxygens (including phenoxy) is 1. The number of anilines is 2. The van der Waals surface area contributed by atoms with Crippen molar-refractivity contribution in [3.8, 4) is 22.9 Å². The highest BCUT2D eigenvalue weighted by atomic mass is 32.2. The lowest BCUT2D eigenvalue weighted by molar-refractivity contribution is 0.102. The maximum absolute atomic E-state index is 13.0. The van der Waals surface area contributed by atoms with Crippen LogP contribution in [-0.2, 0) is 11.3 Å². The normalized spacial score (nSPS) is 11.8. The van der Waals surface area contributed by atoms with Crippen molar-refractivity contribution in [2.24, 2.45) is 0 Å². The third-order valence-corrected chi connectivity index (χ3v) is 8.37. The number of fused-ring (bicyclic) bond motifs is 1. The van der Waals surface area contributed by atoms with Gasteiger partial charge in [-0.1, -0.05) is 74.9 Å². The van der Waals surface area contributed by atoms with Gasteiger partial charge in [0.05, 0.1) is 12.3 Å². The van der Waals surface area contributed by atoms with Gasteiger partial charge in [-0.05, 0) is 75.1 Å². The fourth-order valence-corrected chi connectivity index (χ4v) is 6.01. The molecule has 10 nitrogen and oxygen atoms in total. The largest absolute Gasteiger partial charge is 0.490 e. The highest BCUT2D eigenvalue weighted by Gasteiger charge is 2.17. The molecule has 1 unspecified atom stereocenters. The highest BCUT2D eigenvalue weighted by Crippen LogP contribution is 2.30. The first-order chi connectivity index (χ1) is 22.2. The Kier molecular flexibility index (Phi) is 10.7. The summed E-state index contributed by atoms with van der Waals surface area (Å²) in [5, 5.41) is 10.5. The Morgan fingerprint density at radius 3 is 2.41 bits per heavy atom. The number of amides is 1. The Labute approximate surface area is 272 Å². The number of nitrogens with zero attached hydrogens (tertiary/aromatic N) is 3. The van der Waals surface area contributed by atoms with Gasteiger partial charge in [-0.25, -0.2) is 4.98 Å². The Balaban J connectivity index is 1.21. The van der Waals surface area contributed by atoms with Crippen LogP contribution in [0.5, 0.6) is 11.5 Å². The lowest BCUT2D eigenvalue weighted by atomic mass is 10.1. The van der Waals surface area contributed by atoms with Crippen LogP contribution in [0.1, 0.15) is 78.2 Å². The van der Waals surface area contributed by atoms with Gasteiger partial charge in [0.15, 0.2) is 23.0 Å². The fraction of sp³-hybridized carbons (Fsp3) is 0.343. The summed E-state index contributed by atoms with van der Waals surface area (Å²) in [7, 11) is 0. The van der Waals surface area contributed by atoms with Crippen LogP contribution in [0.3, 0.4) is 0 Å². The molecule has 46 heavy (non-hydrogen) atoms. The van der Waals surface area contributed by atoms with Crippen LogP contribution in [0, 0.1) is 27.7 Å². The van der Waals surface area contributed by atoms with Crippen LogP contribution in [0.4, 0.5) is 11.4 Å². The predicted molar refractivity (Wildman–Crippen MR) is 184 cm³/mol. The number of hydrogen-bond acceptors (Lipinski definition) is 6. The molecule has 0 bridgehead atoms. The van der Waals surface area contributed by atoms with Crippen LogP contribution >= 0.6 is 0 Å². The first-order valence-electron chi connectivity index (χ1n) is 15.8. The summed E-state index contributed by atoms with van der Waals surface area (Å²) < 4.78 is 29.1. The van der Waals surface area contributed by atoms with E-state index in [-0.39, 0.29) is 5.91 Å². The second-order valence-corrected chi connectivity index (χ2v) is 12.5. The van der Waals surface area contributed by atoms with Crippen molar-refractivity contribution in [2.75, 3.05) is 16.6 Å². The number of carbonyl (C=O) groups excluding carboxylic acids is 1. The van der Waals surface area contributed by atoms with E-state index in [9.17, 15) is 9.00 Å². The number of aromatic amines is 1. The van der Waals surface area contributed by atoms with Crippen LogP contribution in [0.25, 0.3) is 17.0 Å². The topological polar surface area (TPSA) is 123 Å². The van der Waals surface area contributed by atoms with E-state index in [2.05, 4.69) is 32.1 Å². The van der Waals surface area contributed by atoms with Gasteiger partial charge in [-0.15, -0.1) is 5.10 Å². The minimum Gasteiger partial charge on any atom is -0.490 e.